The van der Waals surface area contributed by atoms with Crippen molar-refractivity contribution in [1.82, 2.24) is 10.6 Å². The quantitative estimate of drug-likeness (QED) is 0.663. The van der Waals surface area contributed by atoms with Crippen molar-refractivity contribution in [3.8, 4) is 0 Å². The summed E-state index contributed by atoms with van der Waals surface area (Å²) in [7, 11) is 0. The maximum absolute atomic E-state index is 11.7. The van der Waals surface area contributed by atoms with E-state index < -0.39 is 0 Å². The molecule has 5 nitrogen and oxygen atoms in total. The van der Waals surface area contributed by atoms with E-state index >= 15 is 0 Å². The smallest absolute Gasteiger partial charge is 0.276 e. The second-order valence-corrected chi connectivity index (χ2v) is 6.09. The SMILES string of the molecule is O=[N+]([O-])c1c(C2CCNCC2)cccc1C1CCNCC1. The Morgan fingerprint density at radius 2 is 1.33 bits per heavy atom. The van der Waals surface area contributed by atoms with Gasteiger partial charge in [0.15, 0.2) is 0 Å². The third-order valence-corrected chi connectivity index (χ3v) is 4.84. The van der Waals surface area contributed by atoms with E-state index in [9.17, 15) is 10.1 Å². The highest BCUT2D eigenvalue weighted by molar-refractivity contribution is 5.51. The van der Waals surface area contributed by atoms with Gasteiger partial charge in [0.25, 0.3) is 5.69 Å². The van der Waals surface area contributed by atoms with Gasteiger partial charge in [0, 0.05) is 11.1 Å². The van der Waals surface area contributed by atoms with Crippen LogP contribution in [0, 0.1) is 10.1 Å². The minimum absolute atomic E-state index is 0.144. The van der Waals surface area contributed by atoms with Crippen molar-refractivity contribution < 1.29 is 4.92 Å². The van der Waals surface area contributed by atoms with Gasteiger partial charge in [-0.2, -0.15) is 0 Å². The number of nitro benzene ring substituents is 1. The van der Waals surface area contributed by atoms with Crippen LogP contribution < -0.4 is 10.6 Å². The first-order chi connectivity index (χ1) is 10.3. The van der Waals surface area contributed by atoms with E-state index in [1.165, 1.54) is 0 Å². The number of nitro groups is 1. The molecule has 1 aromatic rings. The molecule has 0 atom stereocenters. The molecule has 2 aliphatic rings. The second-order valence-electron chi connectivity index (χ2n) is 6.09. The van der Waals surface area contributed by atoms with E-state index in [-0.39, 0.29) is 4.92 Å². The Hall–Kier alpha value is -1.46. The van der Waals surface area contributed by atoms with E-state index in [0.717, 1.165) is 63.0 Å². The summed E-state index contributed by atoms with van der Waals surface area (Å²) < 4.78 is 0. The van der Waals surface area contributed by atoms with Crippen molar-refractivity contribution in [3.05, 3.63) is 39.4 Å². The average molecular weight is 289 g/mol. The van der Waals surface area contributed by atoms with Gasteiger partial charge in [-0.1, -0.05) is 18.2 Å². The molecule has 2 heterocycles. The van der Waals surface area contributed by atoms with Gasteiger partial charge in [0.05, 0.1) is 4.92 Å². The van der Waals surface area contributed by atoms with E-state index in [4.69, 9.17) is 0 Å². The average Bonchev–Trinajstić information content (AvgIpc) is 2.55. The maximum Gasteiger partial charge on any atom is 0.276 e. The highest BCUT2D eigenvalue weighted by Crippen LogP contribution is 2.39. The molecule has 0 aromatic heterocycles. The van der Waals surface area contributed by atoms with Crippen LogP contribution in [0.15, 0.2) is 18.2 Å². The van der Waals surface area contributed by atoms with Crippen LogP contribution in [-0.2, 0) is 0 Å². The van der Waals surface area contributed by atoms with Crippen molar-refractivity contribution in [2.45, 2.75) is 37.5 Å². The van der Waals surface area contributed by atoms with Crippen LogP contribution in [0.5, 0.6) is 0 Å². The lowest BCUT2D eigenvalue weighted by molar-refractivity contribution is -0.386. The molecule has 2 saturated heterocycles. The van der Waals surface area contributed by atoms with E-state index in [0.29, 0.717) is 17.5 Å². The topological polar surface area (TPSA) is 67.2 Å². The van der Waals surface area contributed by atoms with Crippen molar-refractivity contribution in [2.75, 3.05) is 26.2 Å². The molecular formula is C16H23N3O2. The number of hydrogen-bond acceptors (Lipinski definition) is 4. The highest BCUT2D eigenvalue weighted by atomic mass is 16.6. The van der Waals surface area contributed by atoms with E-state index in [1.54, 1.807) is 0 Å². The lowest BCUT2D eigenvalue weighted by Crippen LogP contribution is -2.28. The Labute approximate surface area is 125 Å². The first-order valence-corrected chi connectivity index (χ1v) is 7.96. The Bertz CT molecular complexity index is 470. The molecule has 0 radical (unpaired) electrons. The third-order valence-electron chi connectivity index (χ3n) is 4.84. The van der Waals surface area contributed by atoms with Crippen LogP contribution in [0.2, 0.25) is 0 Å². The maximum atomic E-state index is 11.7. The molecule has 2 N–H and O–H groups in total. The van der Waals surface area contributed by atoms with Crippen molar-refractivity contribution in [2.24, 2.45) is 0 Å². The monoisotopic (exact) mass is 289 g/mol. The van der Waals surface area contributed by atoms with Gasteiger partial charge in [0.1, 0.15) is 0 Å². The number of rotatable bonds is 3. The minimum Gasteiger partial charge on any atom is -0.317 e. The Morgan fingerprint density at radius 1 is 0.905 bits per heavy atom. The van der Waals surface area contributed by atoms with Crippen molar-refractivity contribution in [3.63, 3.8) is 0 Å². The molecule has 0 spiro atoms. The zero-order valence-electron chi connectivity index (χ0n) is 12.3. The summed E-state index contributed by atoms with van der Waals surface area (Å²) >= 11 is 0. The predicted molar refractivity (Wildman–Crippen MR) is 82.8 cm³/mol. The third kappa shape index (κ3) is 3.09. The van der Waals surface area contributed by atoms with Gasteiger partial charge < -0.3 is 10.6 Å². The van der Waals surface area contributed by atoms with Gasteiger partial charge in [0.2, 0.25) is 0 Å². The fourth-order valence-electron chi connectivity index (χ4n) is 3.72. The molecule has 21 heavy (non-hydrogen) atoms. The molecule has 5 heteroatoms. The molecule has 0 aliphatic carbocycles. The van der Waals surface area contributed by atoms with Gasteiger partial charge in [-0.3, -0.25) is 10.1 Å². The summed E-state index contributed by atoms with van der Waals surface area (Å²) in [5, 5.41) is 18.4. The van der Waals surface area contributed by atoms with Gasteiger partial charge >= 0.3 is 0 Å². The summed E-state index contributed by atoms with van der Waals surface area (Å²) in [6.45, 7) is 3.83. The first-order valence-electron chi connectivity index (χ1n) is 7.96. The van der Waals surface area contributed by atoms with Crippen LogP contribution in [0.1, 0.15) is 48.6 Å². The molecule has 2 fully saturated rings. The summed E-state index contributed by atoms with van der Waals surface area (Å²) in [5.41, 5.74) is 2.31. The molecule has 2 aliphatic heterocycles. The zero-order valence-corrected chi connectivity index (χ0v) is 12.3. The van der Waals surface area contributed by atoms with Crippen LogP contribution in [0.25, 0.3) is 0 Å². The Balaban J connectivity index is 1.97. The Kier molecular flexibility index (Phi) is 4.51. The van der Waals surface area contributed by atoms with Gasteiger partial charge in [-0.15, -0.1) is 0 Å². The summed E-state index contributed by atoms with van der Waals surface area (Å²) in [4.78, 5) is 11.6. The second kappa shape index (κ2) is 6.54. The minimum atomic E-state index is -0.144. The lowest BCUT2D eigenvalue weighted by Gasteiger charge is -2.26. The molecule has 0 saturated carbocycles. The fourth-order valence-corrected chi connectivity index (χ4v) is 3.72. The van der Waals surface area contributed by atoms with Gasteiger partial charge in [-0.25, -0.2) is 0 Å². The normalized spacial score (nSPS) is 21.3. The summed E-state index contributed by atoms with van der Waals surface area (Å²) in [5.74, 6) is 0.654. The Morgan fingerprint density at radius 3 is 1.71 bits per heavy atom. The van der Waals surface area contributed by atoms with E-state index in [1.807, 2.05) is 18.2 Å². The highest BCUT2D eigenvalue weighted by Gasteiger charge is 2.30. The first kappa shape index (κ1) is 14.5. The van der Waals surface area contributed by atoms with Crippen LogP contribution in [-0.4, -0.2) is 31.1 Å². The number of hydrogen-bond donors (Lipinski definition) is 2. The molecule has 1 aromatic carbocycles. The number of nitrogens with one attached hydrogen (secondary N) is 2. The molecule has 0 amide bonds. The van der Waals surface area contributed by atoms with Crippen LogP contribution in [0.4, 0.5) is 5.69 Å². The van der Waals surface area contributed by atoms with Crippen molar-refractivity contribution >= 4 is 5.69 Å². The number of para-hydroxylation sites is 1. The predicted octanol–water partition coefficient (Wildman–Crippen LogP) is 2.53. The molecule has 114 valence electrons. The number of piperidine rings is 2. The summed E-state index contributed by atoms with van der Waals surface area (Å²) in [6, 6.07) is 5.96. The van der Waals surface area contributed by atoms with Crippen LogP contribution >= 0.6 is 0 Å². The molecular weight excluding hydrogens is 266 g/mol. The largest absolute Gasteiger partial charge is 0.317 e. The fraction of sp³-hybridized carbons (Fsp3) is 0.625. The van der Waals surface area contributed by atoms with Crippen LogP contribution in [0.3, 0.4) is 0 Å². The standard InChI is InChI=1S/C16H23N3O2/c20-19(21)16-14(12-4-8-17-9-5-12)2-1-3-15(16)13-6-10-18-11-7-13/h1-3,12-13,17-18H,4-11H2. The van der Waals surface area contributed by atoms with Gasteiger partial charge in [-0.05, 0) is 63.7 Å². The molecule has 0 unspecified atom stereocenters. The van der Waals surface area contributed by atoms with E-state index in [2.05, 4.69) is 10.6 Å². The molecule has 0 bridgehead atoms. The number of nitrogens with zero attached hydrogens (tertiary/aromatic N) is 1. The molecule has 3 rings (SSSR count). The lowest BCUT2D eigenvalue weighted by atomic mass is 9.83. The number of benzene rings is 1. The zero-order chi connectivity index (χ0) is 14.7. The summed E-state index contributed by atoms with van der Waals surface area (Å²) in [6.07, 6.45) is 3.99. The van der Waals surface area contributed by atoms with Crippen molar-refractivity contribution in [1.29, 1.82) is 0 Å².